The van der Waals surface area contributed by atoms with Crippen molar-refractivity contribution >= 4 is 13.7 Å². The summed E-state index contributed by atoms with van der Waals surface area (Å²) in [6, 6.07) is -0.856. The molecule has 0 saturated heterocycles. The van der Waals surface area contributed by atoms with Gasteiger partial charge in [-0.25, -0.2) is 4.57 Å². The summed E-state index contributed by atoms with van der Waals surface area (Å²) < 4.78 is 22.2. The van der Waals surface area contributed by atoms with E-state index in [4.69, 9.17) is 14.8 Å². The molecule has 0 rings (SSSR count). The molecular formula is C58H117N2O6P. The third kappa shape index (κ3) is 52.9. The van der Waals surface area contributed by atoms with E-state index in [9.17, 15) is 19.4 Å². The predicted molar refractivity (Wildman–Crippen MR) is 291 cm³/mol. The summed E-state index contributed by atoms with van der Waals surface area (Å²) in [7, 11) is -4.34. The van der Waals surface area contributed by atoms with Crippen molar-refractivity contribution < 1.29 is 28.4 Å². The summed E-state index contributed by atoms with van der Waals surface area (Å²) in [6.07, 6.45) is 66.1. The van der Waals surface area contributed by atoms with E-state index >= 15 is 0 Å². The van der Waals surface area contributed by atoms with Gasteiger partial charge in [-0.15, -0.1) is 0 Å². The highest BCUT2D eigenvalue weighted by atomic mass is 31.2. The van der Waals surface area contributed by atoms with Crippen LogP contribution < -0.4 is 11.1 Å². The number of hydrogen-bond acceptors (Lipinski definition) is 6. The number of allylic oxidation sites excluding steroid dienone is 1. The number of amides is 1. The number of carbonyl (C=O) groups excluding carboxylic acids is 1. The first-order valence-electron chi connectivity index (χ1n) is 29.8. The Balaban J connectivity index is 3.79. The van der Waals surface area contributed by atoms with E-state index in [0.29, 0.717) is 6.42 Å². The van der Waals surface area contributed by atoms with Crippen molar-refractivity contribution in [2.24, 2.45) is 5.73 Å². The van der Waals surface area contributed by atoms with Gasteiger partial charge in [0.2, 0.25) is 5.91 Å². The van der Waals surface area contributed by atoms with Crippen molar-refractivity contribution in [2.75, 3.05) is 19.8 Å². The summed E-state index contributed by atoms with van der Waals surface area (Å²) in [6.45, 7) is 4.18. The Morgan fingerprint density at radius 1 is 0.478 bits per heavy atom. The smallest absolute Gasteiger partial charge is 0.387 e. The molecule has 1 amide bonds. The van der Waals surface area contributed by atoms with Crippen molar-refractivity contribution in [2.45, 2.75) is 334 Å². The Labute approximate surface area is 417 Å². The van der Waals surface area contributed by atoms with Crippen LogP contribution in [0, 0.1) is 0 Å². The maximum atomic E-state index is 12.8. The van der Waals surface area contributed by atoms with E-state index in [1.165, 1.54) is 263 Å². The van der Waals surface area contributed by atoms with Gasteiger partial charge in [0.25, 0.3) is 0 Å². The summed E-state index contributed by atoms with van der Waals surface area (Å²) in [5, 5.41) is 13.7. The molecule has 5 N–H and O–H groups in total. The zero-order valence-electron chi connectivity index (χ0n) is 44.9. The van der Waals surface area contributed by atoms with Crippen LogP contribution >= 0.6 is 7.82 Å². The summed E-state index contributed by atoms with van der Waals surface area (Å²) in [4.78, 5) is 22.8. The van der Waals surface area contributed by atoms with Crippen molar-refractivity contribution in [1.82, 2.24) is 5.32 Å². The van der Waals surface area contributed by atoms with Gasteiger partial charge in [-0.05, 0) is 19.3 Å². The Hall–Kier alpha value is -0.760. The van der Waals surface area contributed by atoms with Crippen LogP contribution in [0.2, 0.25) is 0 Å². The number of hydrogen-bond donors (Lipinski definition) is 4. The monoisotopic (exact) mass is 969 g/mol. The lowest BCUT2D eigenvalue weighted by molar-refractivity contribution is -0.123. The molecule has 1 unspecified atom stereocenters. The third-order valence-electron chi connectivity index (χ3n) is 13.9. The van der Waals surface area contributed by atoms with Crippen molar-refractivity contribution in [1.29, 1.82) is 0 Å². The quantitative estimate of drug-likeness (QED) is 0.0271. The molecule has 400 valence electrons. The molecule has 0 heterocycles. The lowest BCUT2D eigenvalue weighted by Gasteiger charge is -2.23. The first-order chi connectivity index (χ1) is 32.9. The molecule has 0 aliphatic heterocycles. The number of aliphatic hydroxyl groups is 1. The number of unbranched alkanes of at least 4 members (excludes halogenated alkanes) is 45. The second kappa shape index (κ2) is 54.6. The molecule has 8 nitrogen and oxygen atoms in total. The van der Waals surface area contributed by atoms with Crippen molar-refractivity contribution in [3.05, 3.63) is 12.2 Å². The number of nitrogens with one attached hydrogen (secondary N) is 1. The van der Waals surface area contributed by atoms with E-state index < -0.39 is 20.0 Å². The molecular weight excluding hydrogens is 852 g/mol. The fourth-order valence-corrected chi connectivity index (χ4v) is 10.1. The first-order valence-corrected chi connectivity index (χ1v) is 31.3. The molecule has 0 bridgehead atoms. The molecule has 0 aromatic carbocycles. The number of phosphoric ester groups is 1. The maximum absolute atomic E-state index is 12.8. The molecule has 67 heavy (non-hydrogen) atoms. The van der Waals surface area contributed by atoms with Gasteiger partial charge in [0.15, 0.2) is 0 Å². The van der Waals surface area contributed by atoms with Crippen LogP contribution in [-0.2, 0) is 18.4 Å². The fraction of sp³-hybridized carbons (Fsp3) is 0.948. The number of carbonyl (C=O) groups is 1. The summed E-state index contributed by atoms with van der Waals surface area (Å²) >= 11 is 0. The minimum atomic E-state index is -4.34. The van der Waals surface area contributed by atoms with Gasteiger partial charge < -0.3 is 21.1 Å². The lowest BCUT2D eigenvalue weighted by Crippen LogP contribution is -2.45. The number of rotatable bonds is 57. The zero-order valence-corrected chi connectivity index (χ0v) is 45.8. The first kappa shape index (κ1) is 66.2. The average molecular weight is 970 g/mol. The second-order valence-corrected chi connectivity index (χ2v) is 22.0. The van der Waals surface area contributed by atoms with Gasteiger partial charge >= 0.3 is 7.82 Å². The van der Waals surface area contributed by atoms with E-state index in [1.54, 1.807) is 6.08 Å². The summed E-state index contributed by atoms with van der Waals surface area (Å²) in [5.74, 6) is -0.187. The molecule has 0 aliphatic rings. The lowest BCUT2D eigenvalue weighted by atomic mass is 10.0. The largest absolute Gasteiger partial charge is 0.472 e. The predicted octanol–water partition coefficient (Wildman–Crippen LogP) is 18.2. The second-order valence-electron chi connectivity index (χ2n) is 20.6. The highest BCUT2D eigenvalue weighted by Gasteiger charge is 2.27. The van der Waals surface area contributed by atoms with Gasteiger partial charge in [-0.3, -0.25) is 13.8 Å². The van der Waals surface area contributed by atoms with E-state index in [2.05, 4.69) is 19.2 Å². The van der Waals surface area contributed by atoms with Gasteiger partial charge in [-0.1, -0.05) is 309 Å². The van der Waals surface area contributed by atoms with E-state index in [0.717, 1.165) is 38.5 Å². The van der Waals surface area contributed by atoms with Crippen LogP contribution in [0.4, 0.5) is 0 Å². The topological polar surface area (TPSA) is 131 Å². The minimum absolute atomic E-state index is 0.0817. The van der Waals surface area contributed by atoms with Gasteiger partial charge in [-0.2, -0.15) is 0 Å². The Morgan fingerprint density at radius 2 is 0.761 bits per heavy atom. The number of aliphatic hydroxyl groups excluding tert-OH is 1. The highest BCUT2D eigenvalue weighted by Crippen LogP contribution is 2.43. The molecule has 0 radical (unpaired) electrons. The Bertz CT molecular complexity index is 1060. The van der Waals surface area contributed by atoms with Crippen LogP contribution in [0.1, 0.15) is 322 Å². The zero-order chi connectivity index (χ0) is 48.8. The van der Waals surface area contributed by atoms with Crippen molar-refractivity contribution in [3.8, 4) is 0 Å². The molecule has 0 aromatic rings. The molecule has 0 spiro atoms. The average Bonchev–Trinajstić information content (AvgIpc) is 3.32. The molecule has 0 aromatic heterocycles. The van der Waals surface area contributed by atoms with Crippen LogP contribution in [0.3, 0.4) is 0 Å². The fourth-order valence-electron chi connectivity index (χ4n) is 9.37. The Kier molecular flexibility index (Phi) is 54.0. The van der Waals surface area contributed by atoms with Gasteiger partial charge in [0.1, 0.15) is 0 Å². The van der Waals surface area contributed by atoms with Crippen molar-refractivity contribution in [3.63, 3.8) is 0 Å². The minimum Gasteiger partial charge on any atom is -0.387 e. The standard InChI is InChI=1S/C58H117N2O6P/c1-3-5-7-9-11-13-15-17-19-20-21-22-23-24-25-26-27-28-29-30-31-32-33-34-35-36-37-38-40-42-44-46-48-50-52-58(62)60-56(55-66-67(63,64)65-54-53-59)57(61)51-49-47-45-43-41-39-18-16-14-12-10-8-6-4-2/h49,51,56-57,61H,3-48,50,52-55,59H2,1-2H3,(H,60,62)(H,63,64)/b51-49+/t56-,57+/m0/s1. The van der Waals surface area contributed by atoms with Gasteiger partial charge in [0.05, 0.1) is 25.4 Å². The van der Waals surface area contributed by atoms with Crippen LogP contribution in [0.5, 0.6) is 0 Å². The SMILES string of the molecule is CCCCCCCCCCCCCC/C=C/[C@@H](O)[C@H](COP(=O)(O)OCCN)NC(=O)CCCCCCCCCCCCCCCCCCCCCCCCCCCCCCCCCCCC. The third-order valence-corrected chi connectivity index (χ3v) is 14.8. The summed E-state index contributed by atoms with van der Waals surface area (Å²) in [5.41, 5.74) is 5.40. The van der Waals surface area contributed by atoms with E-state index in [-0.39, 0.29) is 25.7 Å². The van der Waals surface area contributed by atoms with Crippen LogP contribution in [0.15, 0.2) is 12.2 Å². The molecule has 0 aliphatic carbocycles. The highest BCUT2D eigenvalue weighted by molar-refractivity contribution is 7.47. The van der Waals surface area contributed by atoms with Crippen LogP contribution in [-0.4, -0.2) is 47.8 Å². The Morgan fingerprint density at radius 3 is 1.06 bits per heavy atom. The normalized spacial score (nSPS) is 13.7. The molecule has 9 heteroatoms. The number of nitrogens with two attached hydrogens (primary N) is 1. The molecule has 3 atom stereocenters. The van der Waals surface area contributed by atoms with E-state index in [1.807, 2.05) is 6.08 Å². The van der Waals surface area contributed by atoms with Gasteiger partial charge in [0, 0.05) is 13.0 Å². The maximum Gasteiger partial charge on any atom is 0.472 e. The molecule has 0 saturated carbocycles. The number of phosphoric acid groups is 1. The molecule has 0 fully saturated rings. The van der Waals surface area contributed by atoms with Crippen LogP contribution in [0.25, 0.3) is 0 Å².